The fourth-order valence-electron chi connectivity index (χ4n) is 3.25. The smallest absolute Gasteiger partial charge is 0.264 e. The SMILES string of the molecule is CS(=O)(=O)N1CCN(C(=O)c2cccs2)[C@@H](C(=O)N[C@@H]2CCCNC2=O)C1. The molecule has 0 aromatic carbocycles. The number of carbonyl (C=O) groups excluding carboxylic acids is 3. The van der Waals surface area contributed by atoms with Crippen molar-refractivity contribution in [3.63, 3.8) is 0 Å². The van der Waals surface area contributed by atoms with Gasteiger partial charge in [-0.05, 0) is 24.3 Å². The molecule has 0 spiro atoms. The lowest BCUT2D eigenvalue weighted by Crippen LogP contribution is -2.63. The molecule has 3 amide bonds. The Hall–Kier alpha value is -1.98. The van der Waals surface area contributed by atoms with Crippen molar-refractivity contribution in [1.82, 2.24) is 19.8 Å². The largest absolute Gasteiger partial charge is 0.354 e. The van der Waals surface area contributed by atoms with Gasteiger partial charge < -0.3 is 15.5 Å². The van der Waals surface area contributed by atoms with Gasteiger partial charge >= 0.3 is 0 Å². The van der Waals surface area contributed by atoms with Crippen LogP contribution >= 0.6 is 11.3 Å². The van der Waals surface area contributed by atoms with Crippen LogP contribution in [0.2, 0.25) is 0 Å². The Balaban J connectivity index is 1.80. The van der Waals surface area contributed by atoms with E-state index in [1.165, 1.54) is 20.5 Å². The summed E-state index contributed by atoms with van der Waals surface area (Å²) >= 11 is 1.26. The fourth-order valence-corrected chi connectivity index (χ4v) is 4.75. The van der Waals surface area contributed by atoms with E-state index >= 15 is 0 Å². The van der Waals surface area contributed by atoms with Crippen LogP contribution in [0, 0.1) is 0 Å². The van der Waals surface area contributed by atoms with Gasteiger partial charge in [-0.15, -0.1) is 11.3 Å². The molecule has 1 aromatic heterocycles. The fraction of sp³-hybridized carbons (Fsp3) is 0.562. The molecule has 11 heteroatoms. The van der Waals surface area contributed by atoms with Crippen molar-refractivity contribution in [2.24, 2.45) is 0 Å². The van der Waals surface area contributed by atoms with Gasteiger partial charge in [-0.1, -0.05) is 6.07 Å². The minimum absolute atomic E-state index is 0.110. The predicted octanol–water partition coefficient (Wildman–Crippen LogP) is -0.771. The van der Waals surface area contributed by atoms with Gasteiger partial charge in [-0.25, -0.2) is 8.42 Å². The molecule has 0 radical (unpaired) electrons. The minimum Gasteiger partial charge on any atom is -0.354 e. The molecule has 0 bridgehead atoms. The van der Waals surface area contributed by atoms with Gasteiger partial charge in [0.15, 0.2) is 0 Å². The lowest BCUT2D eigenvalue weighted by atomic mass is 10.1. The Kier molecular flexibility index (Phi) is 5.82. The van der Waals surface area contributed by atoms with Crippen molar-refractivity contribution in [3.05, 3.63) is 22.4 Å². The molecule has 2 fully saturated rings. The number of amides is 3. The maximum Gasteiger partial charge on any atom is 0.264 e. The first kappa shape index (κ1) is 19.8. The van der Waals surface area contributed by atoms with E-state index in [1.807, 2.05) is 0 Å². The molecule has 2 aliphatic rings. The maximum atomic E-state index is 12.9. The molecule has 2 atom stereocenters. The molecule has 3 heterocycles. The van der Waals surface area contributed by atoms with Crippen LogP contribution in [0.25, 0.3) is 0 Å². The molecule has 3 rings (SSSR count). The van der Waals surface area contributed by atoms with Crippen LogP contribution in [0.15, 0.2) is 17.5 Å². The second-order valence-corrected chi connectivity index (χ2v) is 9.54. The molecule has 2 aliphatic heterocycles. The molecule has 2 N–H and O–H groups in total. The Bertz CT molecular complexity index is 824. The summed E-state index contributed by atoms with van der Waals surface area (Å²) < 4.78 is 25.1. The number of hydrogen-bond acceptors (Lipinski definition) is 6. The Morgan fingerprint density at radius 3 is 2.74 bits per heavy atom. The highest BCUT2D eigenvalue weighted by Gasteiger charge is 2.40. The van der Waals surface area contributed by atoms with E-state index in [0.29, 0.717) is 17.8 Å². The van der Waals surface area contributed by atoms with E-state index in [0.717, 1.165) is 12.7 Å². The number of hydrogen-bond donors (Lipinski definition) is 2. The number of thiophene rings is 1. The zero-order valence-corrected chi connectivity index (χ0v) is 16.5. The van der Waals surface area contributed by atoms with Crippen LogP contribution in [0.3, 0.4) is 0 Å². The summed E-state index contributed by atoms with van der Waals surface area (Å²) in [6, 6.07) is 1.75. The number of piperazine rings is 1. The summed E-state index contributed by atoms with van der Waals surface area (Å²) in [7, 11) is -3.50. The molecular weight excluding hydrogens is 392 g/mol. The second kappa shape index (κ2) is 7.95. The monoisotopic (exact) mass is 414 g/mol. The number of nitrogens with zero attached hydrogens (tertiary/aromatic N) is 2. The normalized spacial score (nSPS) is 24.3. The van der Waals surface area contributed by atoms with Crippen molar-refractivity contribution in [1.29, 1.82) is 0 Å². The number of sulfonamides is 1. The predicted molar refractivity (Wildman–Crippen MR) is 99.7 cm³/mol. The van der Waals surface area contributed by atoms with Crippen LogP contribution in [0.4, 0.5) is 0 Å². The van der Waals surface area contributed by atoms with Gasteiger partial charge in [0.2, 0.25) is 21.8 Å². The van der Waals surface area contributed by atoms with E-state index in [2.05, 4.69) is 10.6 Å². The molecule has 148 valence electrons. The van der Waals surface area contributed by atoms with E-state index < -0.39 is 28.0 Å². The van der Waals surface area contributed by atoms with Gasteiger partial charge in [0.1, 0.15) is 12.1 Å². The lowest BCUT2D eigenvalue weighted by molar-refractivity contribution is -0.133. The average molecular weight is 415 g/mol. The number of rotatable bonds is 4. The first-order valence-electron chi connectivity index (χ1n) is 8.65. The molecule has 0 aliphatic carbocycles. The Morgan fingerprint density at radius 1 is 1.33 bits per heavy atom. The third kappa shape index (κ3) is 4.47. The standard InChI is InChI=1S/C16H22N4O5S2/c1-27(24,25)19-7-8-20(16(23)13-5-3-9-26-13)12(10-19)15(22)18-11-4-2-6-17-14(11)21/h3,5,9,11-12H,2,4,6-8,10H2,1H3,(H,17,21)(H,18,22)/t11-,12-/m1/s1. The molecule has 9 nitrogen and oxygen atoms in total. The van der Waals surface area contributed by atoms with Crippen LogP contribution in [-0.2, 0) is 19.6 Å². The van der Waals surface area contributed by atoms with E-state index in [9.17, 15) is 22.8 Å². The number of carbonyl (C=O) groups is 3. The van der Waals surface area contributed by atoms with E-state index in [1.54, 1.807) is 17.5 Å². The van der Waals surface area contributed by atoms with Crippen molar-refractivity contribution in [2.75, 3.05) is 32.4 Å². The zero-order valence-electron chi connectivity index (χ0n) is 14.9. The highest BCUT2D eigenvalue weighted by molar-refractivity contribution is 7.88. The van der Waals surface area contributed by atoms with Gasteiger partial charge in [0.05, 0.1) is 11.1 Å². The molecule has 2 saturated heterocycles. The first-order chi connectivity index (χ1) is 12.8. The summed E-state index contributed by atoms with van der Waals surface area (Å²) in [5, 5.41) is 7.13. The van der Waals surface area contributed by atoms with Crippen molar-refractivity contribution in [3.8, 4) is 0 Å². The van der Waals surface area contributed by atoms with Gasteiger partial charge in [-0.2, -0.15) is 4.31 Å². The van der Waals surface area contributed by atoms with Crippen molar-refractivity contribution >= 4 is 39.1 Å². The molecule has 0 saturated carbocycles. The first-order valence-corrected chi connectivity index (χ1v) is 11.4. The Morgan fingerprint density at radius 2 is 2.11 bits per heavy atom. The van der Waals surface area contributed by atoms with E-state index in [4.69, 9.17) is 0 Å². The lowest BCUT2D eigenvalue weighted by Gasteiger charge is -2.39. The molecule has 27 heavy (non-hydrogen) atoms. The topological polar surface area (TPSA) is 116 Å². The summed E-state index contributed by atoms with van der Waals surface area (Å²) in [5.41, 5.74) is 0. The summed E-state index contributed by atoms with van der Waals surface area (Å²) in [6.45, 7) is 0.679. The highest BCUT2D eigenvalue weighted by Crippen LogP contribution is 2.19. The third-order valence-corrected chi connectivity index (χ3v) is 6.84. The second-order valence-electron chi connectivity index (χ2n) is 6.61. The third-order valence-electron chi connectivity index (χ3n) is 4.71. The molecule has 0 unspecified atom stereocenters. The van der Waals surface area contributed by atoms with Gasteiger partial charge in [-0.3, -0.25) is 14.4 Å². The summed E-state index contributed by atoms with van der Waals surface area (Å²) in [6.07, 6.45) is 2.33. The highest BCUT2D eigenvalue weighted by atomic mass is 32.2. The minimum atomic E-state index is -3.50. The zero-order chi connectivity index (χ0) is 19.6. The van der Waals surface area contributed by atoms with Crippen molar-refractivity contribution < 1.29 is 22.8 Å². The summed E-state index contributed by atoms with van der Waals surface area (Å²) in [5.74, 6) is -1.09. The van der Waals surface area contributed by atoms with Gasteiger partial charge in [0, 0.05) is 26.2 Å². The van der Waals surface area contributed by atoms with Crippen LogP contribution in [-0.4, -0.2) is 79.9 Å². The van der Waals surface area contributed by atoms with Crippen LogP contribution in [0.1, 0.15) is 22.5 Å². The number of piperidine rings is 1. The van der Waals surface area contributed by atoms with Crippen LogP contribution < -0.4 is 10.6 Å². The Labute approximate surface area is 161 Å². The maximum absolute atomic E-state index is 12.9. The van der Waals surface area contributed by atoms with Crippen LogP contribution in [0.5, 0.6) is 0 Å². The summed E-state index contributed by atoms with van der Waals surface area (Å²) in [4.78, 5) is 39.5. The number of nitrogens with one attached hydrogen (secondary N) is 2. The molecular formula is C16H22N4O5S2. The average Bonchev–Trinajstić information content (AvgIpc) is 3.16. The van der Waals surface area contributed by atoms with E-state index in [-0.39, 0.29) is 31.4 Å². The quantitative estimate of drug-likeness (QED) is 0.671. The van der Waals surface area contributed by atoms with Gasteiger partial charge in [0.25, 0.3) is 5.91 Å². The molecule has 1 aromatic rings. The van der Waals surface area contributed by atoms with Crippen molar-refractivity contribution in [2.45, 2.75) is 24.9 Å².